The fourth-order valence-electron chi connectivity index (χ4n) is 3.27. The third-order valence-electron chi connectivity index (χ3n) is 4.31. The molecule has 0 radical (unpaired) electrons. The summed E-state index contributed by atoms with van der Waals surface area (Å²) in [5, 5.41) is 3.66. The Kier molecular flexibility index (Phi) is 3.67. The first-order chi connectivity index (χ1) is 8.86. The van der Waals surface area contributed by atoms with Crippen LogP contribution in [0.3, 0.4) is 0 Å². The van der Waals surface area contributed by atoms with Gasteiger partial charge in [0.2, 0.25) is 0 Å². The molecule has 0 bridgehead atoms. The summed E-state index contributed by atoms with van der Waals surface area (Å²) >= 11 is 0. The first kappa shape index (κ1) is 12.2. The topological polar surface area (TPSA) is 15.3 Å². The fourth-order valence-corrected chi connectivity index (χ4v) is 3.27. The molecule has 1 aromatic carbocycles. The summed E-state index contributed by atoms with van der Waals surface area (Å²) in [4.78, 5) is 2.72. The van der Waals surface area contributed by atoms with Crippen molar-refractivity contribution in [3.63, 3.8) is 0 Å². The smallest absolute Gasteiger partial charge is 0.0201 e. The molecule has 1 aromatic rings. The SMILES string of the molecule is CCNC1CC(c2ccccc2)CN(C2CC2)C1. The van der Waals surface area contributed by atoms with E-state index in [-0.39, 0.29) is 0 Å². The van der Waals surface area contributed by atoms with E-state index >= 15 is 0 Å². The van der Waals surface area contributed by atoms with E-state index in [2.05, 4.69) is 47.5 Å². The van der Waals surface area contributed by atoms with Crippen molar-refractivity contribution in [2.24, 2.45) is 0 Å². The zero-order valence-corrected chi connectivity index (χ0v) is 11.3. The number of piperidine rings is 1. The van der Waals surface area contributed by atoms with Crippen molar-refractivity contribution in [1.82, 2.24) is 10.2 Å². The average molecular weight is 244 g/mol. The van der Waals surface area contributed by atoms with Crippen LogP contribution in [0.5, 0.6) is 0 Å². The molecule has 98 valence electrons. The molecule has 2 nitrogen and oxygen atoms in total. The highest BCUT2D eigenvalue weighted by atomic mass is 15.2. The van der Waals surface area contributed by atoms with Crippen molar-refractivity contribution < 1.29 is 0 Å². The molecular weight excluding hydrogens is 220 g/mol. The lowest BCUT2D eigenvalue weighted by Crippen LogP contribution is -2.49. The van der Waals surface area contributed by atoms with Gasteiger partial charge in [-0.2, -0.15) is 0 Å². The van der Waals surface area contributed by atoms with Gasteiger partial charge in [0.05, 0.1) is 0 Å². The molecular formula is C16H24N2. The molecule has 1 aliphatic carbocycles. The molecule has 1 N–H and O–H groups in total. The fraction of sp³-hybridized carbons (Fsp3) is 0.625. The van der Waals surface area contributed by atoms with Gasteiger partial charge in [-0.05, 0) is 37.3 Å². The summed E-state index contributed by atoms with van der Waals surface area (Å²) < 4.78 is 0. The highest BCUT2D eigenvalue weighted by Crippen LogP contribution is 2.34. The summed E-state index contributed by atoms with van der Waals surface area (Å²) in [5.74, 6) is 0.713. The number of likely N-dealkylation sites (N-methyl/N-ethyl adjacent to an activating group) is 1. The molecule has 2 atom stereocenters. The molecule has 0 aromatic heterocycles. The van der Waals surface area contributed by atoms with E-state index in [4.69, 9.17) is 0 Å². The highest BCUT2D eigenvalue weighted by molar-refractivity contribution is 5.21. The van der Waals surface area contributed by atoms with E-state index < -0.39 is 0 Å². The standard InChI is InChI=1S/C16H24N2/c1-2-17-15-10-14(13-6-4-3-5-7-13)11-18(12-15)16-8-9-16/h3-7,14-17H,2,8-12H2,1H3. The van der Waals surface area contributed by atoms with Gasteiger partial charge < -0.3 is 5.32 Å². The monoisotopic (exact) mass is 244 g/mol. The van der Waals surface area contributed by atoms with Gasteiger partial charge in [-0.15, -0.1) is 0 Å². The van der Waals surface area contributed by atoms with Gasteiger partial charge in [0.15, 0.2) is 0 Å². The average Bonchev–Trinajstić information content (AvgIpc) is 3.24. The number of hydrogen-bond acceptors (Lipinski definition) is 2. The zero-order chi connectivity index (χ0) is 12.4. The summed E-state index contributed by atoms with van der Waals surface area (Å²) in [6.45, 7) is 5.82. The Bertz CT molecular complexity index is 372. The lowest BCUT2D eigenvalue weighted by Gasteiger charge is -2.38. The number of rotatable bonds is 4. The van der Waals surface area contributed by atoms with Crippen LogP contribution < -0.4 is 5.32 Å². The van der Waals surface area contributed by atoms with Crippen LogP contribution in [0.4, 0.5) is 0 Å². The lowest BCUT2D eigenvalue weighted by atomic mass is 9.88. The molecule has 1 saturated carbocycles. The van der Waals surface area contributed by atoms with E-state index in [9.17, 15) is 0 Å². The molecule has 18 heavy (non-hydrogen) atoms. The Morgan fingerprint density at radius 2 is 1.94 bits per heavy atom. The van der Waals surface area contributed by atoms with Gasteiger partial charge >= 0.3 is 0 Å². The van der Waals surface area contributed by atoms with Crippen molar-refractivity contribution in [2.75, 3.05) is 19.6 Å². The van der Waals surface area contributed by atoms with Gasteiger partial charge in [0.25, 0.3) is 0 Å². The number of benzene rings is 1. The molecule has 2 fully saturated rings. The van der Waals surface area contributed by atoms with Crippen LogP contribution in [0.1, 0.15) is 37.7 Å². The van der Waals surface area contributed by atoms with Gasteiger partial charge in [-0.25, -0.2) is 0 Å². The first-order valence-electron chi connectivity index (χ1n) is 7.39. The zero-order valence-electron chi connectivity index (χ0n) is 11.3. The minimum absolute atomic E-state index is 0.676. The van der Waals surface area contributed by atoms with Crippen LogP contribution in [-0.4, -0.2) is 36.6 Å². The van der Waals surface area contributed by atoms with Gasteiger partial charge in [-0.1, -0.05) is 37.3 Å². The molecule has 1 heterocycles. The largest absolute Gasteiger partial charge is 0.313 e. The maximum Gasteiger partial charge on any atom is 0.0201 e. The van der Waals surface area contributed by atoms with Crippen LogP contribution in [0.15, 0.2) is 30.3 Å². The highest BCUT2D eigenvalue weighted by Gasteiger charge is 2.36. The van der Waals surface area contributed by atoms with Crippen LogP contribution in [0, 0.1) is 0 Å². The van der Waals surface area contributed by atoms with Gasteiger partial charge in [0, 0.05) is 25.2 Å². The molecule has 2 heteroatoms. The Hall–Kier alpha value is -0.860. The summed E-state index contributed by atoms with van der Waals surface area (Å²) in [7, 11) is 0. The van der Waals surface area contributed by atoms with Crippen molar-refractivity contribution in [1.29, 1.82) is 0 Å². The lowest BCUT2D eigenvalue weighted by molar-refractivity contribution is 0.164. The van der Waals surface area contributed by atoms with Crippen LogP contribution in [0.25, 0.3) is 0 Å². The number of likely N-dealkylation sites (tertiary alicyclic amines) is 1. The Morgan fingerprint density at radius 1 is 1.17 bits per heavy atom. The predicted molar refractivity (Wildman–Crippen MR) is 75.9 cm³/mol. The summed E-state index contributed by atoms with van der Waals surface area (Å²) in [6.07, 6.45) is 4.13. The second-order valence-corrected chi connectivity index (χ2v) is 5.78. The van der Waals surface area contributed by atoms with E-state index in [1.54, 1.807) is 0 Å². The van der Waals surface area contributed by atoms with Crippen LogP contribution in [-0.2, 0) is 0 Å². The number of hydrogen-bond donors (Lipinski definition) is 1. The Morgan fingerprint density at radius 3 is 2.61 bits per heavy atom. The van der Waals surface area contributed by atoms with E-state index in [0.717, 1.165) is 12.6 Å². The quantitative estimate of drug-likeness (QED) is 0.876. The molecule has 2 unspecified atom stereocenters. The minimum Gasteiger partial charge on any atom is -0.313 e. The Balaban J connectivity index is 1.72. The molecule has 3 rings (SSSR count). The molecule has 0 amide bonds. The van der Waals surface area contributed by atoms with Gasteiger partial charge in [0.1, 0.15) is 0 Å². The van der Waals surface area contributed by atoms with E-state index in [0.29, 0.717) is 12.0 Å². The Labute approximate surface area is 110 Å². The first-order valence-corrected chi connectivity index (χ1v) is 7.39. The van der Waals surface area contributed by atoms with Crippen LogP contribution in [0.2, 0.25) is 0 Å². The van der Waals surface area contributed by atoms with Crippen molar-refractivity contribution in [3.05, 3.63) is 35.9 Å². The minimum atomic E-state index is 0.676. The third-order valence-corrected chi connectivity index (χ3v) is 4.31. The number of nitrogens with zero attached hydrogens (tertiary/aromatic N) is 1. The molecule has 0 spiro atoms. The van der Waals surface area contributed by atoms with Crippen molar-refractivity contribution >= 4 is 0 Å². The van der Waals surface area contributed by atoms with E-state index in [1.165, 1.54) is 37.9 Å². The molecule has 1 aliphatic heterocycles. The number of nitrogens with one attached hydrogen (secondary N) is 1. The van der Waals surface area contributed by atoms with Crippen molar-refractivity contribution in [2.45, 2.75) is 44.2 Å². The third kappa shape index (κ3) is 2.76. The second-order valence-electron chi connectivity index (χ2n) is 5.78. The predicted octanol–water partition coefficient (Wildman–Crippen LogP) is 2.62. The summed E-state index contributed by atoms with van der Waals surface area (Å²) in [5.41, 5.74) is 1.52. The summed E-state index contributed by atoms with van der Waals surface area (Å²) in [6, 6.07) is 12.6. The molecule has 1 saturated heterocycles. The van der Waals surface area contributed by atoms with Crippen LogP contribution >= 0.6 is 0 Å². The van der Waals surface area contributed by atoms with Gasteiger partial charge in [-0.3, -0.25) is 4.90 Å². The maximum absolute atomic E-state index is 3.66. The normalized spacial score (nSPS) is 29.4. The molecule has 2 aliphatic rings. The van der Waals surface area contributed by atoms with Crippen molar-refractivity contribution in [3.8, 4) is 0 Å². The van der Waals surface area contributed by atoms with E-state index in [1.807, 2.05) is 0 Å². The second kappa shape index (κ2) is 5.41. The maximum atomic E-state index is 3.66.